The van der Waals surface area contributed by atoms with Gasteiger partial charge in [-0.15, -0.1) is 0 Å². The van der Waals surface area contributed by atoms with Gasteiger partial charge in [0, 0.05) is 6.54 Å². The molecule has 0 aliphatic heterocycles. The third-order valence-corrected chi connectivity index (χ3v) is 3.98. The van der Waals surface area contributed by atoms with E-state index in [4.69, 9.17) is 4.74 Å². The number of benzene rings is 2. The van der Waals surface area contributed by atoms with Crippen molar-refractivity contribution in [1.29, 1.82) is 0 Å². The largest absolute Gasteiger partial charge is 0.445 e. The van der Waals surface area contributed by atoms with Crippen LogP contribution in [-0.2, 0) is 23.7 Å². The SMILES string of the molecule is O=C(NCC(O)C(O)c1cc(C(F)(F)F)cc(C(F)(F)F)c1)OCc1ccccc1. The first-order valence-corrected chi connectivity index (χ1v) is 8.48. The average Bonchev–Trinajstić information content (AvgIpc) is 2.69. The molecular formula is C19H17F6NO4. The number of carbonyl (C=O) groups excluding carboxylic acids is 1. The van der Waals surface area contributed by atoms with Crippen molar-refractivity contribution in [1.82, 2.24) is 5.32 Å². The van der Waals surface area contributed by atoms with Crippen LogP contribution >= 0.6 is 0 Å². The summed E-state index contributed by atoms with van der Waals surface area (Å²) in [7, 11) is 0. The molecule has 0 radical (unpaired) electrons. The molecule has 0 bridgehead atoms. The zero-order chi connectivity index (χ0) is 22.5. The molecule has 3 N–H and O–H groups in total. The van der Waals surface area contributed by atoms with Crippen molar-refractivity contribution in [2.24, 2.45) is 0 Å². The number of aliphatic hydroxyl groups is 2. The van der Waals surface area contributed by atoms with E-state index in [1.165, 1.54) is 0 Å². The Labute approximate surface area is 166 Å². The zero-order valence-electron chi connectivity index (χ0n) is 15.2. The number of alkyl carbamates (subject to hydrolysis) is 1. The number of nitrogens with one attached hydrogen (secondary N) is 1. The molecule has 0 fully saturated rings. The number of ether oxygens (including phenoxy) is 1. The average molecular weight is 437 g/mol. The van der Waals surface area contributed by atoms with Gasteiger partial charge in [0.2, 0.25) is 0 Å². The highest BCUT2D eigenvalue weighted by Crippen LogP contribution is 2.37. The number of rotatable bonds is 6. The van der Waals surface area contributed by atoms with Crippen LogP contribution in [0.15, 0.2) is 48.5 Å². The van der Waals surface area contributed by atoms with Crippen LogP contribution in [-0.4, -0.2) is 29.0 Å². The van der Waals surface area contributed by atoms with Crippen LogP contribution < -0.4 is 5.32 Å². The van der Waals surface area contributed by atoms with Gasteiger partial charge >= 0.3 is 18.4 Å². The number of hydrogen-bond acceptors (Lipinski definition) is 4. The van der Waals surface area contributed by atoms with E-state index >= 15 is 0 Å². The topological polar surface area (TPSA) is 78.8 Å². The summed E-state index contributed by atoms with van der Waals surface area (Å²) in [5.41, 5.74) is -3.40. The second kappa shape index (κ2) is 9.35. The van der Waals surface area contributed by atoms with E-state index in [9.17, 15) is 41.4 Å². The summed E-state index contributed by atoms with van der Waals surface area (Å²) < 4.78 is 82.2. The lowest BCUT2D eigenvalue weighted by molar-refractivity contribution is -0.143. The van der Waals surface area contributed by atoms with Gasteiger partial charge in [-0.1, -0.05) is 30.3 Å². The summed E-state index contributed by atoms with van der Waals surface area (Å²) in [5, 5.41) is 22.0. The van der Waals surface area contributed by atoms with Crippen molar-refractivity contribution in [2.75, 3.05) is 6.54 Å². The first kappa shape index (κ1) is 23.5. The van der Waals surface area contributed by atoms with Crippen molar-refractivity contribution in [2.45, 2.75) is 31.2 Å². The quantitative estimate of drug-likeness (QED) is 0.596. The molecule has 2 aromatic carbocycles. The molecule has 0 aromatic heterocycles. The van der Waals surface area contributed by atoms with E-state index in [1.54, 1.807) is 30.3 Å². The van der Waals surface area contributed by atoms with Crippen molar-refractivity contribution in [3.8, 4) is 0 Å². The van der Waals surface area contributed by atoms with Gasteiger partial charge in [-0.3, -0.25) is 0 Å². The van der Waals surface area contributed by atoms with Crippen LogP contribution in [0.1, 0.15) is 28.4 Å². The number of alkyl halides is 6. The van der Waals surface area contributed by atoms with E-state index in [0.717, 1.165) is 0 Å². The van der Waals surface area contributed by atoms with E-state index in [1.807, 2.05) is 0 Å². The lowest BCUT2D eigenvalue weighted by Gasteiger charge is -2.21. The summed E-state index contributed by atoms with van der Waals surface area (Å²) in [5.74, 6) is 0. The van der Waals surface area contributed by atoms with Crippen molar-refractivity contribution in [3.63, 3.8) is 0 Å². The lowest BCUT2D eigenvalue weighted by Crippen LogP contribution is -2.36. The predicted molar refractivity (Wildman–Crippen MR) is 92.0 cm³/mol. The Morgan fingerprint density at radius 2 is 1.47 bits per heavy atom. The molecule has 0 aliphatic rings. The number of carbonyl (C=O) groups is 1. The van der Waals surface area contributed by atoms with Gasteiger partial charge in [0.1, 0.15) is 18.8 Å². The Balaban J connectivity index is 2.04. The summed E-state index contributed by atoms with van der Waals surface area (Å²) in [4.78, 5) is 11.6. The number of aliphatic hydroxyl groups excluding tert-OH is 2. The number of hydrogen-bond donors (Lipinski definition) is 3. The molecule has 0 heterocycles. The third kappa shape index (κ3) is 6.63. The Morgan fingerprint density at radius 1 is 0.933 bits per heavy atom. The number of amides is 1. The van der Waals surface area contributed by atoms with Crippen molar-refractivity contribution >= 4 is 6.09 Å². The third-order valence-electron chi connectivity index (χ3n) is 3.98. The molecular weight excluding hydrogens is 420 g/mol. The predicted octanol–water partition coefficient (Wildman–Crippen LogP) is 4.04. The Morgan fingerprint density at radius 3 is 1.97 bits per heavy atom. The second-order valence-electron chi connectivity index (χ2n) is 6.29. The van der Waals surface area contributed by atoms with Gasteiger partial charge in [0.15, 0.2) is 0 Å². The summed E-state index contributed by atoms with van der Waals surface area (Å²) in [6, 6.07) is 9.03. The van der Waals surface area contributed by atoms with Crippen molar-refractivity contribution < 1.29 is 46.1 Å². The molecule has 2 rings (SSSR count). The van der Waals surface area contributed by atoms with Gasteiger partial charge in [-0.25, -0.2) is 4.79 Å². The van der Waals surface area contributed by atoms with Crippen LogP contribution in [0.5, 0.6) is 0 Å². The van der Waals surface area contributed by atoms with Crippen LogP contribution in [0.4, 0.5) is 31.1 Å². The van der Waals surface area contributed by atoms with Gasteiger partial charge in [0.05, 0.1) is 11.1 Å². The van der Waals surface area contributed by atoms with Gasteiger partial charge in [0.25, 0.3) is 0 Å². The highest BCUT2D eigenvalue weighted by atomic mass is 19.4. The molecule has 0 saturated carbocycles. The van der Waals surface area contributed by atoms with Gasteiger partial charge in [-0.05, 0) is 29.3 Å². The molecule has 1 amide bonds. The molecule has 2 atom stereocenters. The first-order chi connectivity index (χ1) is 13.9. The van der Waals surface area contributed by atoms with Gasteiger partial charge < -0.3 is 20.3 Å². The van der Waals surface area contributed by atoms with E-state index in [-0.39, 0.29) is 12.7 Å². The standard InChI is InChI=1S/C19H17F6NO4/c20-18(21,22)13-6-12(7-14(8-13)19(23,24)25)16(28)15(27)9-26-17(29)30-10-11-4-2-1-3-5-11/h1-8,15-16,27-28H,9-10H2,(H,26,29). The zero-order valence-corrected chi connectivity index (χ0v) is 15.2. The summed E-state index contributed by atoms with van der Waals surface area (Å²) in [6.45, 7) is -0.778. The molecule has 11 heteroatoms. The highest BCUT2D eigenvalue weighted by molar-refractivity contribution is 5.67. The van der Waals surface area contributed by atoms with E-state index in [2.05, 4.69) is 5.32 Å². The first-order valence-electron chi connectivity index (χ1n) is 8.48. The monoisotopic (exact) mass is 437 g/mol. The molecule has 2 unspecified atom stereocenters. The minimum absolute atomic E-state index is 0.0954. The summed E-state index contributed by atoms with van der Waals surface area (Å²) >= 11 is 0. The van der Waals surface area contributed by atoms with Crippen LogP contribution in [0.3, 0.4) is 0 Å². The highest BCUT2D eigenvalue weighted by Gasteiger charge is 2.38. The second-order valence-corrected chi connectivity index (χ2v) is 6.29. The smallest absolute Gasteiger partial charge is 0.416 e. The van der Waals surface area contributed by atoms with Crippen molar-refractivity contribution in [3.05, 3.63) is 70.8 Å². The fourth-order valence-electron chi connectivity index (χ4n) is 2.45. The fourth-order valence-corrected chi connectivity index (χ4v) is 2.45. The normalized spacial score (nSPS) is 14.1. The fraction of sp³-hybridized carbons (Fsp3) is 0.316. The van der Waals surface area contributed by atoms with Crippen LogP contribution in [0.25, 0.3) is 0 Å². The molecule has 0 spiro atoms. The Kier molecular flexibility index (Phi) is 7.32. The molecule has 5 nitrogen and oxygen atoms in total. The number of halogens is 6. The molecule has 0 saturated heterocycles. The molecule has 164 valence electrons. The Hall–Kier alpha value is -2.79. The maximum Gasteiger partial charge on any atom is 0.416 e. The lowest BCUT2D eigenvalue weighted by atomic mass is 9.98. The van der Waals surface area contributed by atoms with Crippen LogP contribution in [0, 0.1) is 0 Å². The molecule has 0 aliphatic carbocycles. The molecule has 30 heavy (non-hydrogen) atoms. The maximum atomic E-state index is 12.9. The summed E-state index contributed by atoms with van der Waals surface area (Å²) in [6.07, 6.45) is -15.2. The van der Waals surface area contributed by atoms with E-state index in [0.29, 0.717) is 17.7 Å². The minimum Gasteiger partial charge on any atom is -0.445 e. The Bertz CT molecular complexity index is 822. The minimum atomic E-state index is -5.10. The maximum absolute atomic E-state index is 12.9. The van der Waals surface area contributed by atoms with E-state index < -0.39 is 53.9 Å². The van der Waals surface area contributed by atoms with Gasteiger partial charge in [-0.2, -0.15) is 26.3 Å². The molecule has 2 aromatic rings. The van der Waals surface area contributed by atoms with Crippen LogP contribution in [0.2, 0.25) is 0 Å².